The lowest BCUT2D eigenvalue weighted by molar-refractivity contribution is -0.161. The third-order valence-corrected chi connectivity index (χ3v) is 17.5. The molecular weight excluding hydrogens is 1310 g/mol. The highest BCUT2D eigenvalue weighted by Crippen LogP contribution is 2.45. The second-order valence-corrected chi connectivity index (χ2v) is 28.1. The number of esters is 4. The zero-order chi connectivity index (χ0) is 73.2. The van der Waals surface area contributed by atoms with Crippen molar-refractivity contribution in [1.82, 2.24) is 0 Å². The number of phosphoric ester groups is 2. The van der Waals surface area contributed by atoms with Crippen molar-refractivity contribution in [2.45, 2.75) is 316 Å². The van der Waals surface area contributed by atoms with Gasteiger partial charge >= 0.3 is 39.5 Å². The van der Waals surface area contributed by atoms with Crippen LogP contribution in [0.5, 0.6) is 0 Å². The Balaban J connectivity index is 5.43. The lowest BCUT2D eigenvalue weighted by atomic mass is 10.1. The molecule has 0 aromatic heterocycles. The van der Waals surface area contributed by atoms with Gasteiger partial charge in [0.05, 0.1) is 26.4 Å². The van der Waals surface area contributed by atoms with E-state index in [1.807, 2.05) is 12.2 Å². The predicted octanol–water partition coefficient (Wildman–Crippen LogP) is 22.1. The molecule has 0 saturated heterocycles. The molecular formula is C81H136O17P2. The topological polar surface area (TPSA) is 237 Å². The van der Waals surface area contributed by atoms with E-state index in [1.54, 1.807) is 0 Å². The van der Waals surface area contributed by atoms with Crippen LogP contribution in [-0.2, 0) is 65.4 Å². The molecule has 0 rings (SSSR count). The molecule has 0 spiro atoms. The molecule has 0 radical (unpaired) electrons. The molecule has 5 atom stereocenters. The Labute approximate surface area is 605 Å². The first-order valence-corrected chi connectivity index (χ1v) is 41.4. The van der Waals surface area contributed by atoms with Gasteiger partial charge in [-0.3, -0.25) is 37.3 Å². The summed E-state index contributed by atoms with van der Waals surface area (Å²) in [6.07, 6.45) is 80.2. The molecule has 0 aromatic carbocycles. The number of rotatable bonds is 71. The van der Waals surface area contributed by atoms with Crippen molar-refractivity contribution >= 4 is 39.5 Å². The van der Waals surface area contributed by atoms with E-state index in [0.29, 0.717) is 32.1 Å². The third-order valence-electron chi connectivity index (χ3n) is 15.6. The van der Waals surface area contributed by atoms with E-state index in [1.165, 1.54) is 44.9 Å². The van der Waals surface area contributed by atoms with E-state index >= 15 is 0 Å². The molecule has 100 heavy (non-hydrogen) atoms. The summed E-state index contributed by atoms with van der Waals surface area (Å²) in [4.78, 5) is 72.9. The van der Waals surface area contributed by atoms with Crippen molar-refractivity contribution in [3.63, 3.8) is 0 Å². The zero-order valence-electron chi connectivity index (χ0n) is 62.3. The molecule has 19 heteroatoms. The van der Waals surface area contributed by atoms with E-state index < -0.39 is 97.5 Å². The summed E-state index contributed by atoms with van der Waals surface area (Å²) in [6, 6.07) is 0. The van der Waals surface area contributed by atoms with Gasteiger partial charge in [-0.1, -0.05) is 251 Å². The molecule has 0 aliphatic carbocycles. The maximum absolute atomic E-state index is 13.1. The number of hydrogen-bond acceptors (Lipinski definition) is 15. The molecule has 0 aromatic rings. The van der Waals surface area contributed by atoms with Crippen LogP contribution in [0.15, 0.2) is 134 Å². The summed E-state index contributed by atoms with van der Waals surface area (Å²) in [5.74, 6) is -2.29. The molecule has 0 saturated carbocycles. The number of phosphoric acid groups is 2. The van der Waals surface area contributed by atoms with Crippen LogP contribution in [0.3, 0.4) is 0 Å². The van der Waals surface area contributed by atoms with Crippen molar-refractivity contribution in [3.05, 3.63) is 134 Å². The molecule has 0 aliphatic heterocycles. The van der Waals surface area contributed by atoms with E-state index in [4.69, 9.17) is 37.0 Å². The fraction of sp³-hybridized carbons (Fsp3) is 0.679. The zero-order valence-corrected chi connectivity index (χ0v) is 64.1. The van der Waals surface area contributed by atoms with Crippen LogP contribution in [0.2, 0.25) is 0 Å². The van der Waals surface area contributed by atoms with Gasteiger partial charge in [0, 0.05) is 25.7 Å². The van der Waals surface area contributed by atoms with Crippen molar-refractivity contribution in [2.75, 3.05) is 39.6 Å². The van der Waals surface area contributed by atoms with Crippen LogP contribution in [0.25, 0.3) is 0 Å². The van der Waals surface area contributed by atoms with E-state index in [-0.39, 0.29) is 25.7 Å². The van der Waals surface area contributed by atoms with Gasteiger partial charge in [0.25, 0.3) is 0 Å². The van der Waals surface area contributed by atoms with Gasteiger partial charge in [0.2, 0.25) is 0 Å². The van der Waals surface area contributed by atoms with Gasteiger partial charge < -0.3 is 33.8 Å². The number of carbonyl (C=O) groups excluding carboxylic acids is 4. The molecule has 0 bridgehead atoms. The monoisotopic (exact) mass is 1440 g/mol. The summed E-state index contributed by atoms with van der Waals surface area (Å²) < 4.78 is 68.4. The van der Waals surface area contributed by atoms with Crippen LogP contribution in [0, 0.1) is 0 Å². The quantitative estimate of drug-likeness (QED) is 0.0169. The highest BCUT2D eigenvalue weighted by Gasteiger charge is 2.30. The number of carbonyl (C=O) groups is 4. The lowest BCUT2D eigenvalue weighted by Crippen LogP contribution is -2.30. The first-order valence-electron chi connectivity index (χ1n) is 38.4. The van der Waals surface area contributed by atoms with Gasteiger partial charge in [-0.2, -0.15) is 0 Å². The van der Waals surface area contributed by atoms with Gasteiger partial charge in [-0.25, -0.2) is 9.13 Å². The molecule has 3 N–H and O–H groups in total. The standard InChI is InChI=1S/C81H136O17P2/c1-5-9-13-17-21-25-29-33-36-37-40-43-46-50-54-58-62-66-79(84)92-72-77(98-81(86)68-64-60-56-52-48-44-39-35-31-27-23-19-15-11-7-3)74-96-100(89,90)94-70-75(82)69-93-99(87,88)95-73-76(97-80(85)67-63-59-55-51-47-41-32-28-24-20-16-12-8-4)71-91-78(83)65-61-57-53-49-45-42-38-34-30-26-22-18-14-10-6-2/h9-10,13-14,21-23,25-28,32-36,38-40,43,50,54,75-77,82H,5-8,11-12,15-20,24,29-31,37,41-42,44-49,51-53,55-74H2,1-4H3,(H,87,88)(H,89,90)/b13-9-,14-10-,25-21-,26-22-,27-23-,32-28-,36-33-,38-34-,39-35-,43-40-,54-50-. The fourth-order valence-corrected chi connectivity index (χ4v) is 11.3. The molecule has 0 fully saturated rings. The fourth-order valence-electron chi connectivity index (χ4n) is 9.76. The SMILES string of the molecule is CC/C=C\C/C=C\C/C=C\C/C=C\C/C=C\CCCC(=O)OCC(COP(=O)(O)OCC(O)COP(=O)(O)OCC(COC(=O)CCCCCCC/C=C\C/C=C\C/C=C\CC)OC(=O)CCCCCCC/C=C\CCCCCC)OC(=O)CCCCCCC/C=C\C/C=C\CCCCC. The summed E-state index contributed by atoms with van der Waals surface area (Å²) in [5.41, 5.74) is 0. The minimum atomic E-state index is -5.00. The Morgan fingerprint density at radius 1 is 0.290 bits per heavy atom. The van der Waals surface area contributed by atoms with Crippen molar-refractivity contribution < 1.29 is 80.2 Å². The van der Waals surface area contributed by atoms with Crippen molar-refractivity contribution in [1.29, 1.82) is 0 Å². The van der Waals surface area contributed by atoms with Gasteiger partial charge in [-0.05, 0) is 154 Å². The molecule has 0 heterocycles. The minimum absolute atomic E-state index is 0.0632. The molecule has 17 nitrogen and oxygen atoms in total. The summed E-state index contributed by atoms with van der Waals surface area (Å²) in [6.45, 7) is 4.49. The molecule has 0 amide bonds. The third kappa shape index (κ3) is 71.6. The molecule has 5 unspecified atom stereocenters. The second-order valence-electron chi connectivity index (χ2n) is 25.2. The van der Waals surface area contributed by atoms with Gasteiger partial charge in [0.1, 0.15) is 19.3 Å². The maximum Gasteiger partial charge on any atom is 0.472 e. The highest BCUT2D eigenvalue weighted by molar-refractivity contribution is 7.47. The number of unbranched alkanes of at least 4 members (excludes halogenated alkanes) is 23. The first kappa shape index (κ1) is 95.2. The van der Waals surface area contributed by atoms with Crippen molar-refractivity contribution in [2.24, 2.45) is 0 Å². The smallest absolute Gasteiger partial charge is 0.462 e. The normalized spacial score (nSPS) is 14.7. The van der Waals surface area contributed by atoms with Crippen molar-refractivity contribution in [3.8, 4) is 0 Å². The van der Waals surface area contributed by atoms with Gasteiger partial charge in [0.15, 0.2) is 12.2 Å². The molecule has 0 aliphatic rings. The van der Waals surface area contributed by atoms with E-state index in [0.717, 1.165) is 167 Å². The van der Waals surface area contributed by atoms with Crippen LogP contribution in [0.4, 0.5) is 0 Å². The Hall–Kier alpha value is -4.80. The predicted molar refractivity (Wildman–Crippen MR) is 408 cm³/mol. The number of aliphatic hydroxyl groups excluding tert-OH is 1. The van der Waals surface area contributed by atoms with Gasteiger partial charge in [-0.15, -0.1) is 0 Å². The average Bonchev–Trinajstić information content (AvgIpc) is 1.06. The largest absolute Gasteiger partial charge is 0.472 e. The average molecular weight is 1440 g/mol. The highest BCUT2D eigenvalue weighted by atomic mass is 31.2. The van der Waals surface area contributed by atoms with E-state index in [9.17, 15) is 43.2 Å². The number of allylic oxidation sites excluding steroid dienone is 22. The number of ether oxygens (including phenoxy) is 4. The Morgan fingerprint density at radius 2 is 0.530 bits per heavy atom. The maximum atomic E-state index is 13.1. The van der Waals surface area contributed by atoms with Crippen LogP contribution in [0.1, 0.15) is 297 Å². The summed E-state index contributed by atoms with van der Waals surface area (Å²) in [5, 5.41) is 10.6. The van der Waals surface area contributed by atoms with Crippen LogP contribution < -0.4 is 0 Å². The van der Waals surface area contributed by atoms with Crippen LogP contribution >= 0.6 is 15.6 Å². The Morgan fingerprint density at radius 3 is 0.870 bits per heavy atom. The second kappa shape index (κ2) is 72.5. The number of aliphatic hydroxyl groups is 1. The Kier molecular flexibility index (Phi) is 69.1. The first-order chi connectivity index (χ1) is 48.7. The summed E-state index contributed by atoms with van der Waals surface area (Å²) in [7, 11) is -9.98. The number of hydrogen-bond donors (Lipinski definition) is 3. The molecule has 572 valence electrons. The van der Waals surface area contributed by atoms with E-state index in [2.05, 4.69) is 149 Å². The van der Waals surface area contributed by atoms with Crippen LogP contribution in [-0.4, -0.2) is 96.7 Å². The minimum Gasteiger partial charge on any atom is -0.462 e. The Bertz CT molecular complexity index is 2420. The summed E-state index contributed by atoms with van der Waals surface area (Å²) >= 11 is 0. The lowest BCUT2D eigenvalue weighted by Gasteiger charge is -2.21.